The molecule has 1 aromatic heterocycles. The van der Waals surface area contributed by atoms with Gasteiger partial charge in [-0.25, -0.2) is 9.78 Å². The lowest BCUT2D eigenvalue weighted by Gasteiger charge is -2.27. The van der Waals surface area contributed by atoms with E-state index in [0.29, 0.717) is 19.0 Å². The second kappa shape index (κ2) is 9.86. The van der Waals surface area contributed by atoms with Gasteiger partial charge in [-0.1, -0.05) is 18.7 Å². The van der Waals surface area contributed by atoms with E-state index in [9.17, 15) is 9.59 Å². The zero-order chi connectivity index (χ0) is 19.2. The average molecular weight is 413 g/mol. The first kappa shape index (κ1) is 20.6. The molecule has 3 rings (SSSR count). The Kier molecular flexibility index (Phi) is 7.51. The van der Waals surface area contributed by atoms with Crippen LogP contribution in [-0.2, 0) is 4.79 Å². The number of carboxylic acids is 1. The summed E-state index contributed by atoms with van der Waals surface area (Å²) in [4.78, 5) is 31.7. The van der Waals surface area contributed by atoms with E-state index in [1.165, 1.54) is 42.5 Å². The van der Waals surface area contributed by atoms with Gasteiger partial charge < -0.3 is 15.3 Å². The molecule has 0 aromatic carbocycles. The normalized spacial score (nSPS) is 23.4. The number of nitrogens with one attached hydrogen (secondary N) is 1. The Labute approximate surface area is 168 Å². The molecule has 0 aliphatic carbocycles. The summed E-state index contributed by atoms with van der Waals surface area (Å²) in [5.74, 6) is -0.0344. The van der Waals surface area contributed by atoms with E-state index in [4.69, 9.17) is 5.11 Å². The van der Waals surface area contributed by atoms with Crippen LogP contribution in [0.4, 0.5) is 0 Å². The summed E-state index contributed by atoms with van der Waals surface area (Å²) in [6.45, 7) is 7.06. The number of rotatable bonds is 10. The third-order valence-electron chi connectivity index (χ3n) is 5.38. The van der Waals surface area contributed by atoms with Crippen molar-refractivity contribution in [2.75, 3.05) is 38.5 Å². The third-order valence-corrected chi connectivity index (χ3v) is 7.38. The molecule has 0 spiro atoms. The lowest BCUT2D eigenvalue weighted by Crippen LogP contribution is -2.44. The van der Waals surface area contributed by atoms with E-state index >= 15 is 0 Å². The number of hydrogen-bond donors (Lipinski definition) is 2. The Hall–Kier alpha value is -1.16. The maximum absolute atomic E-state index is 12.2. The molecule has 1 amide bonds. The summed E-state index contributed by atoms with van der Waals surface area (Å²) in [6, 6.07) is 0.893. The molecule has 2 fully saturated rings. The third kappa shape index (κ3) is 5.43. The predicted octanol–water partition coefficient (Wildman–Crippen LogP) is 2.00. The number of thiazole rings is 1. The van der Waals surface area contributed by atoms with Gasteiger partial charge in [0.05, 0.1) is 0 Å². The lowest BCUT2D eigenvalue weighted by atomic mass is 10.2. The summed E-state index contributed by atoms with van der Waals surface area (Å²) in [5.41, 5.74) is 0.0925. The van der Waals surface area contributed by atoms with E-state index in [1.54, 1.807) is 5.38 Å². The molecule has 7 nitrogen and oxygen atoms in total. The first-order valence-corrected chi connectivity index (χ1v) is 11.5. The van der Waals surface area contributed by atoms with E-state index in [-0.39, 0.29) is 17.6 Å². The van der Waals surface area contributed by atoms with Crippen molar-refractivity contribution in [3.05, 3.63) is 11.1 Å². The van der Waals surface area contributed by atoms with Gasteiger partial charge in [0.25, 0.3) is 0 Å². The molecule has 3 heterocycles. The zero-order valence-corrected chi connectivity index (χ0v) is 17.4. The molecule has 0 bridgehead atoms. The van der Waals surface area contributed by atoms with Crippen LogP contribution in [0.5, 0.6) is 0 Å². The fraction of sp³-hybridized carbons (Fsp3) is 0.722. The highest BCUT2D eigenvalue weighted by atomic mass is 32.2. The quantitative estimate of drug-likeness (QED) is 0.569. The second-order valence-electron chi connectivity index (χ2n) is 7.01. The van der Waals surface area contributed by atoms with Crippen molar-refractivity contribution in [1.82, 2.24) is 20.1 Å². The van der Waals surface area contributed by atoms with Crippen molar-refractivity contribution in [2.24, 2.45) is 0 Å². The van der Waals surface area contributed by atoms with Crippen LogP contribution < -0.4 is 5.32 Å². The average Bonchev–Trinajstić information content (AvgIpc) is 3.37. The minimum absolute atomic E-state index is 0.0925. The van der Waals surface area contributed by atoms with Gasteiger partial charge in [-0.3, -0.25) is 9.69 Å². The fourth-order valence-electron chi connectivity index (χ4n) is 3.92. The topological polar surface area (TPSA) is 85.8 Å². The highest BCUT2D eigenvalue weighted by Gasteiger charge is 2.31. The number of carbonyl (C=O) groups is 2. The molecule has 2 aliphatic heterocycles. The number of carboxylic acid groups (broad SMARTS) is 1. The van der Waals surface area contributed by atoms with Crippen LogP contribution in [0.15, 0.2) is 9.72 Å². The van der Waals surface area contributed by atoms with Crippen LogP contribution in [-0.4, -0.2) is 82.3 Å². The molecule has 2 N–H and O–H groups in total. The maximum atomic E-state index is 12.2. The largest absolute Gasteiger partial charge is 0.476 e. The van der Waals surface area contributed by atoms with Crippen LogP contribution >= 0.6 is 23.1 Å². The van der Waals surface area contributed by atoms with Crippen LogP contribution in [0.2, 0.25) is 0 Å². The molecule has 150 valence electrons. The van der Waals surface area contributed by atoms with Crippen molar-refractivity contribution in [2.45, 2.75) is 49.0 Å². The molecule has 1 aromatic rings. The van der Waals surface area contributed by atoms with E-state index in [0.717, 1.165) is 36.1 Å². The number of thioether (sulfide) groups is 1. The number of aromatic carboxylic acids is 1. The monoisotopic (exact) mass is 412 g/mol. The fourth-order valence-corrected chi connectivity index (χ4v) is 5.73. The number of aromatic nitrogens is 1. The molecule has 9 heteroatoms. The number of likely N-dealkylation sites (N-methyl/N-ethyl adjacent to an activating group) is 1. The standard InChI is InChI=1S/C18H28N4O3S2/c1-2-21-7-3-4-13(21)10-19-11-14-5-6-16(23)22(14)8-9-26-18-20-15(12-27-18)17(24)25/h12-14,19H,2-11H2,1H3,(H,24,25)/t13?,14-/m1/s1. The van der Waals surface area contributed by atoms with Crippen molar-refractivity contribution >= 4 is 35.0 Å². The smallest absolute Gasteiger partial charge is 0.355 e. The van der Waals surface area contributed by atoms with Crippen LogP contribution in [0, 0.1) is 0 Å². The van der Waals surface area contributed by atoms with Gasteiger partial charge in [-0.05, 0) is 32.4 Å². The number of hydrogen-bond acceptors (Lipinski definition) is 7. The second-order valence-corrected chi connectivity index (χ2v) is 9.21. The molecular formula is C18H28N4O3S2. The Morgan fingerprint density at radius 2 is 2.22 bits per heavy atom. The van der Waals surface area contributed by atoms with Gasteiger partial charge in [0.1, 0.15) is 0 Å². The summed E-state index contributed by atoms with van der Waals surface area (Å²) >= 11 is 2.86. The first-order chi connectivity index (χ1) is 13.1. The molecule has 1 unspecified atom stereocenters. The maximum Gasteiger partial charge on any atom is 0.355 e. The Morgan fingerprint density at radius 3 is 2.96 bits per heavy atom. The molecule has 27 heavy (non-hydrogen) atoms. The van der Waals surface area contributed by atoms with Gasteiger partial charge in [0.15, 0.2) is 10.0 Å². The SMILES string of the molecule is CCN1CCCC1CNC[C@H]1CCC(=O)N1CCSc1nc(C(=O)O)cs1. The Morgan fingerprint density at radius 1 is 1.41 bits per heavy atom. The van der Waals surface area contributed by atoms with Gasteiger partial charge in [-0.2, -0.15) is 0 Å². The van der Waals surface area contributed by atoms with Crippen LogP contribution in [0.1, 0.15) is 43.1 Å². The highest BCUT2D eigenvalue weighted by Crippen LogP contribution is 2.25. The van der Waals surface area contributed by atoms with E-state index in [1.807, 2.05) is 4.90 Å². The molecule has 2 atom stereocenters. The number of carbonyl (C=O) groups excluding carboxylic acids is 1. The summed E-state index contributed by atoms with van der Waals surface area (Å²) in [5, 5.41) is 14.1. The van der Waals surface area contributed by atoms with Crippen LogP contribution in [0.25, 0.3) is 0 Å². The van der Waals surface area contributed by atoms with Gasteiger partial charge in [0.2, 0.25) is 5.91 Å². The number of amides is 1. The molecule has 2 saturated heterocycles. The Balaban J connectivity index is 1.41. The van der Waals surface area contributed by atoms with Crippen molar-refractivity contribution in [1.29, 1.82) is 0 Å². The number of likely N-dealkylation sites (tertiary alicyclic amines) is 2. The molecule has 2 aliphatic rings. The van der Waals surface area contributed by atoms with Crippen molar-refractivity contribution in [3.8, 4) is 0 Å². The van der Waals surface area contributed by atoms with Gasteiger partial charge >= 0.3 is 5.97 Å². The summed E-state index contributed by atoms with van der Waals surface area (Å²) < 4.78 is 0.745. The zero-order valence-electron chi connectivity index (χ0n) is 15.7. The molecule has 0 saturated carbocycles. The van der Waals surface area contributed by atoms with E-state index in [2.05, 4.69) is 22.1 Å². The van der Waals surface area contributed by atoms with Crippen molar-refractivity contribution in [3.63, 3.8) is 0 Å². The van der Waals surface area contributed by atoms with Gasteiger partial charge in [0, 0.05) is 49.3 Å². The minimum atomic E-state index is -0.997. The summed E-state index contributed by atoms with van der Waals surface area (Å²) in [6.07, 6.45) is 4.09. The highest BCUT2D eigenvalue weighted by molar-refractivity contribution is 8.01. The number of nitrogens with zero attached hydrogens (tertiary/aromatic N) is 3. The minimum Gasteiger partial charge on any atom is -0.476 e. The van der Waals surface area contributed by atoms with Gasteiger partial charge in [-0.15, -0.1) is 11.3 Å². The van der Waals surface area contributed by atoms with Crippen LogP contribution in [0.3, 0.4) is 0 Å². The predicted molar refractivity (Wildman–Crippen MR) is 108 cm³/mol. The summed E-state index contributed by atoms with van der Waals surface area (Å²) in [7, 11) is 0. The first-order valence-electron chi connectivity index (χ1n) is 9.64. The van der Waals surface area contributed by atoms with Crippen molar-refractivity contribution < 1.29 is 14.7 Å². The van der Waals surface area contributed by atoms with E-state index < -0.39 is 5.97 Å². The molecular weight excluding hydrogens is 384 g/mol. The lowest BCUT2D eigenvalue weighted by molar-refractivity contribution is -0.128. The molecule has 0 radical (unpaired) electrons. The Bertz CT molecular complexity index is 654.